The average molecular weight is 314 g/mol. The van der Waals surface area contributed by atoms with E-state index in [9.17, 15) is 0 Å². The van der Waals surface area contributed by atoms with Crippen molar-refractivity contribution >= 4 is 23.0 Å². The number of hydrogen-bond donors (Lipinski definition) is 0. The van der Waals surface area contributed by atoms with Gasteiger partial charge in [-0.05, 0) is 82.2 Å². The van der Waals surface area contributed by atoms with Crippen LogP contribution < -0.4 is 0 Å². The van der Waals surface area contributed by atoms with Gasteiger partial charge in [-0.15, -0.1) is 11.3 Å². The first-order valence-corrected chi connectivity index (χ1v) is 9.25. The van der Waals surface area contributed by atoms with E-state index in [1.165, 1.54) is 52.0 Å². The summed E-state index contributed by atoms with van der Waals surface area (Å²) in [5.41, 5.74) is 10.5. The van der Waals surface area contributed by atoms with Gasteiger partial charge in [0.25, 0.3) is 0 Å². The molecule has 0 aliphatic heterocycles. The SMILES string of the molecule is C1=C(c2cccs2)Cc2cc3c(c(-c4ccccc4)c21)CCC3. The van der Waals surface area contributed by atoms with E-state index in [1.54, 1.807) is 11.1 Å². The molecule has 2 aliphatic rings. The topological polar surface area (TPSA) is 0 Å². The maximum atomic E-state index is 2.49. The second-order valence-corrected chi connectivity index (χ2v) is 7.45. The van der Waals surface area contributed by atoms with Crippen molar-refractivity contribution in [3.05, 3.63) is 81.0 Å². The van der Waals surface area contributed by atoms with Gasteiger partial charge in [-0.1, -0.05) is 42.5 Å². The van der Waals surface area contributed by atoms with E-state index in [4.69, 9.17) is 0 Å². The molecule has 0 saturated carbocycles. The minimum absolute atomic E-state index is 1.09. The van der Waals surface area contributed by atoms with Gasteiger partial charge < -0.3 is 0 Å². The highest BCUT2D eigenvalue weighted by molar-refractivity contribution is 7.11. The summed E-state index contributed by atoms with van der Waals surface area (Å²) in [5, 5.41) is 2.18. The lowest BCUT2D eigenvalue weighted by Crippen LogP contribution is -1.96. The largest absolute Gasteiger partial charge is 0.144 e. The van der Waals surface area contributed by atoms with Crippen molar-refractivity contribution in [2.45, 2.75) is 25.7 Å². The van der Waals surface area contributed by atoms with Crippen LogP contribution in [0.25, 0.3) is 22.8 Å². The zero-order valence-electron chi connectivity index (χ0n) is 13.0. The Morgan fingerprint density at radius 3 is 2.61 bits per heavy atom. The first-order chi connectivity index (χ1) is 11.4. The van der Waals surface area contributed by atoms with Crippen LogP contribution in [-0.2, 0) is 19.3 Å². The molecular weight excluding hydrogens is 296 g/mol. The van der Waals surface area contributed by atoms with Gasteiger partial charge in [0, 0.05) is 4.88 Å². The summed E-state index contributed by atoms with van der Waals surface area (Å²) in [6, 6.07) is 17.9. The van der Waals surface area contributed by atoms with Crippen LogP contribution in [0.3, 0.4) is 0 Å². The molecule has 0 fully saturated rings. The summed E-state index contributed by atoms with van der Waals surface area (Å²) in [6.45, 7) is 0. The predicted octanol–water partition coefficient (Wildman–Crippen LogP) is 6.00. The molecule has 1 heteroatoms. The van der Waals surface area contributed by atoms with E-state index in [0.717, 1.165) is 6.42 Å². The highest BCUT2D eigenvalue weighted by atomic mass is 32.1. The Morgan fingerprint density at radius 2 is 1.78 bits per heavy atom. The summed E-state index contributed by atoms with van der Waals surface area (Å²) in [6.07, 6.45) is 7.32. The maximum Gasteiger partial charge on any atom is 0.0305 e. The predicted molar refractivity (Wildman–Crippen MR) is 99.8 cm³/mol. The Kier molecular flexibility index (Phi) is 3.02. The molecule has 0 radical (unpaired) electrons. The maximum absolute atomic E-state index is 2.49. The standard InChI is InChI=1S/C22H18S/c1-2-6-15(7-3-1)22-19-9-4-8-16(19)12-17-13-18(14-20(17)22)21-10-5-11-23-21/h1-3,5-7,10-12,14H,4,8-9,13H2. The fourth-order valence-electron chi connectivity index (χ4n) is 4.12. The zero-order valence-corrected chi connectivity index (χ0v) is 13.8. The highest BCUT2D eigenvalue weighted by Crippen LogP contribution is 2.44. The van der Waals surface area contributed by atoms with E-state index >= 15 is 0 Å². The molecule has 0 N–H and O–H groups in total. The summed E-state index contributed by atoms with van der Waals surface area (Å²) in [5.74, 6) is 0. The molecule has 5 rings (SSSR count). The third-order valence-electron chi connectivity index (χ3n) is 5.13. The molecule has 0 saturated heterocycles. The number of hydrogen-bond acceptors (Lipinski definition) is 1. The smallest absolute Gasteiger partial charge is 0.0305 e. The molecular formula is C22H18S. The van der Waals surface area contributed by atoms with E-state index in [1.807, 2.05) is 11.3 Å². The molecule has 23 heavy (non-hydrogen) atoms. The molecule has 2 aromatic carbocycles. The normalized spacial score (nSPS) is 15.4. The third-order valence-corrected chi connectivity index (χ3v) is 6.07. The van der Waals surface area contributed by atoms with Gasteiger partial charge in [0.1, 0.15) is 0 Å². The van der Waals surface area contributed by atoms with Crippen LogP contribution in [0.15, 0.2) is 53.9 Å². The first-order valence-electron chi connectivity index (χ1n) is 8.37. The Labute approximate surface area is 141 Å². The summed E-state index contributed by atoms with van der Waals surface area (Å²) >= 11 is 1.85. The second-order valence-electron chi connectivity index (χ2n) is 6.51. The van der Waals surface area contributed by atoms with E-state index in [0.29, 0.717) is 0 Å². The van der Waals surface area contributed by atoms with E-state index < -0.39 is 0 Å². The number of allylic oxidation sites excluding steroid dienone is 1. The Hall–Kier alpha value is -2.12. The number of aryl methyl sites for hydroxylation is 1. The molecule has 3 aromatic rings. The van der Waals surface area contributed by atoms with Crippen LogP contribution in [0.2, 0.25) is 0 Å². The zero-order chi connectivity index (χ0) is 15.2. The highest BCUT2D eigenvalue weighted by Gasteiger charge is 2.25. The molecule has 0 amide bonds. The number of fused-ring (bicyclic) bond motifs is 2. The molecule has 1 heterocycles. The lowest BCUT2D eigenvalue weighted by Gasteiger charge is -2.14. The lowest BCUT2D eigenvalue weighted by molar-refractivity contribution is 0.912. The minimum atomic E-state index is 1.09. The molecule has 1 aromatic heterocycles. The van der Waals surface area contributed by atoms with Gasteiger partial charge in [-0.2, -0.15) is 0 Å². The fraction of sp³-hybridized carbons (Fsp3) is 0.182. The molecule has 0 bridgehead atoms. The molecule has 2 aliphatic carbocycles. The van der Waals surface area contributed by atoms with E-state index in [2.05, 4.69) is 60.0 Å². The summed E-state index contributed by atoms with van der Waals surface area (Å²) < 4.78 is 0. The summed E-state index contributed by atoms with van der Waals surface area (Å²) in [4.78, 5) is 1.42. The van der Waals surface area contributed by atoms with E-state index in [-0.39, 0.29) is 0 Å². The van der Waals surface area contributed by atoms with Crippen molar-refractivity contribution in [3.63, 3.8) is 0 Å². The van der Waals surface area contributed by atoms with Gasteiger partial charge in [0.2, 0.25) is 0 Å². The minimum Gasteiger partial charge on any atom is -0.144 e. The van der Waals surface area contributed by atoms with Crippen molar-refractivity contribution < 1.29 is 0 Å². The van der Waals surface area contributed by atoms with Gasteiger partial charge in [-0.25, -0.2) is 0 Å². The monoisotopic (exact) mass is 314 g/mol. The molecule has 0 unspecified atom stereocenters. The van der Waals surface area contributed by atoms with Crippen LogP contribution in [0.5, 0.6) is 0 Å². The Morgan fingerprint density at radius 1 is 0.870 bits per heavy atom. The third kappa shape index (κ3) is 2.11. The Balaban J connectivity index is 1.74. The van der Waals surface area contributed by atoms with Gasteiger partial charge >= 0.3 is 0 Å². The molecule has 0 nitrogen and oxygen atoms in total. The fourth-order valence-corrected chi connectivity index (χ4v) is 4.86. The first kappa shape index (κ1) is 13.3. The van der Waals surface area contributed by atoms with Crippen LogP contribution in [0.4, 0.5) is 0 Å². The second kappa shape index (κ2) is 5.21. The van der Waals surface area contributed by atoms with Crippen molar-refractivity contribution in [1.29, 1.82) is 0 Å². The number of benzene rings is 2. The summed E-state index contributed by atoms with van der Waals surface area (Å²) in [7, 11) is 0. The molecule has 0 spiro atoms. The Bertz CT molecular complexity index is 899. The molecule has 112 valence electrons. The van der Waals surface area contributed by atoms with Crippen molar-refractivity contribution in [2.24, 2.45) is 0 Å². The van der Waals surface area contributed by atoms with Crippen LogP contribution in [0, 0.1) is 0 Å². The van der Waals surface area contributed by atoms with Crippen LogP contribution in [-0.4, -0.2) is 0 Å². The van der Waals surface area contributed by atoms with Crippen LogP contribution >= 0.6 is 11.3 Å². The average Bonchev–Trinajstić information content (AvgIpc) is 3.32. The van der Waals surface area contributed by atoms with Crippen molar-refractivity contribution in [3.8, 4) is 11.1 Å². The lowest BCUT2D eigenvalue weighted by atomic mass is 9.90. The van der Waals surface area contributed by atoms with Crippen molar-refractivity contribution in [2.75, 3.05) is 0 Å². The van der Waals surface area contributed by atoms with Crippen LogP contribution in [0.1, 0.15) is 33.6 Å². The van der Waals surface area contributed by atoms with Gasteiger partial charge in [-0.3, -0.25) is 0 Å². The van der Waals surface area contributed by atoms with Crippen molar-refractivity contribution in [1.82, 2.24) is 0 Å². The number of rotatable bonds is 2. The quantitative estimate of drug-likeness (QED) is 0.544. The molecule has 0 atom stereocenters. The van der Waals surface area contributed by atoms with Gasteiger partial charge in [0.15, 0.2) is 0 Å². The number of thiophene rings is 1. The van der Waals surface area contributed by atoms with Gasteiger partial charge in [0.05, 0.1) is 0 Å².